The van der Waals surface area contributed by atoms with Gasteiger partial charge in [0.25, 0.3) is 5.91 Å². The van der Waals surface area contributed by atoms with Crippen LogP contribution in [0.4, 0.5) is 0 Å². The van der Waals surface area contributed by atoms with Gasteiger partial charge in [-0.25, -0.2) is 14.8 Å². The number of aromatic carboxylic acids is 1. The van der Waals surface area contributed by atoms with Crippen molar-refractivity contribution in [3.63, 3.8) is 0 Å². The summed E-state index contributed by atoms with van der Waals surface area (Å²) >= 11 is 0. The molecule has 0 saturated carbocycles. The van der Waals surface area contributed by atoms with Crippen LogP contribution in [0.2, 0.25) is 0 Å². The molecule has 1 amide bonds. The number of hydrogen-bond donors (Lipinski definition) is 1. The van der Waals surface area contributed by atoms with E-state index in [0.29, 0.717) is 24.7 Å². The molecule has 1 aromatic heterocycles. The highest BCUT2D eigenvalue weighted by molar-refractivity contribution is 5.92. The predicted octanol–water partition coefficient (Wildman–Crippen LogP) is 1.09. The maximum absolute atomic E-state index is 12.3. The van der Waals surface area contributed by atoms with Gasteiger partial charge >= 0.3 is 5.97 Å². The summed E-state index contributed by atoms with van der Waals surface area (Å²) in [6.07, 6.45) is 1.90. The van der Waals surface area contributed by atoms with Crippen molar-refractivity contribution in [2.45, 2.75) is 6.10 Å². The van der Waals surface area contributed by atoms with Gasteiger partial charge in [0.2, 0.25) is 0 Å². The maximum atomic E-state index is 12.3. The number of fused-ring (bicyclic) bond motifs is 1. The van der Waals surface area contributed by atoms with Crippen molar-refractivity contribution in [2.75, 3.05) is 20.2 Å². The lowest BCUT2D eigenvalue weighted by atomic mass is 10.2. The molecule has 2 aromatic rings. The fourth-order valence-electron chi connectivity index (χ4n) is 2.29. The second-order valence-corrected chi connectivity index (χ2v) is 5.28. The number of para-hydroxylation sites is 2. The molecule has 0 aliphatic carbocycles. The van der Waals surface area contributed by atoms with Crippen LogP contribution in [-0.4, -0.2) is 58.2 Å². The molecule has 0 fully saturated rings. The molecule has 1 unspecified atom stereocenters. The molecular formula is C16H15N3O5. The molecule has 1 atom stereocenters. The first kappa shape index (κ1) is 15.7. The zero-order chi connectivity index (χ0) is 17.1. The first-order chi connectivity index (χ1) is 11.5. The van der Waals surface area contributed by atoms with Crippen molar-refractivity contribution in [1.29, 1.82) is 0 Å². The van der Waals surface area contributed by atoms with Crippen molar-refractivity contribution >= 4 is 11.9 Å². The average molecular weight is 329 g/mol. The third-order valence-electron chi connectivity index (χ3n) is 3.48. The van der Waals surface area contributed by atoms with Crippen LogP contribution >= 0.6 is 0 Å². The second kappa shape index (κ2) is 6.53. The molecule has 2 heterocycles. The highest BCUT2D eigenvalue weighted by Crippen LogP contribution is 2.30. The van der Waals surface area contributed by atoms with Gasteiger partial charge in [-0.1, -0.05) is 12.1 Å². The first-order valence-electron chi connectivity index (χ1n) is 7.24. The summed E-state index contributed by atoms with van der Waals surface area (Å²) in [6.45, 7) is 0.633. The molecule has 8 nitrogen and oxygen atoms in total. The van der Waals surface area contributed by atoms with E-state index in [0.717, 1.165) is 12.4 Å². The summed E-state index contributed by atoms with van der Waals surface area (Å²) in [5.41, 5.74) is -0.144. The Balaban J connectivity index is 1.63. The third kappa shape index (κ3) is 3.27. The van der Waals surface area contributed by atoms with Gasteiger partial charge < -0.3 is 19.5 Å². The molecule has 3 rings (SSSR count). The Morgan fingerprint density at radius 3 is 2.54 bits per heavy atom. The normalized spacial score (nSPS) is 15.6. The smallest absolute Gasteiger partial charge is 0.356 e. The highest BCUT2D eigenvalue weighted by atomic mass is 16.6. The summed E-state index contributed by atoms with van der Waals surface area (Å²) < 4.78 is 11.4. The molecular weight excluding hydrogens is 314 g/mol. The molecule has 1 aromatic carbocycles. The monoisotopic (exact) mass is 329 g/mol. The van der Waals surface area contributed by atoms with E-state index in [1.54, 1.807) is 13.1 Å². The zero-order valence-electron chi connectivity index (χ0n) is 12.9. The number of likely N-dealkylation sites (N-methyl/N-ethyl adjacent to an activating group) is 1. The number of ether oxygens (including phenoxy) is 2. The molecule has 0 radical (unpaired) electrons. The van der Waals surface area contributed by atoms with E-state index >= 15 is 0 Å². The quantitative estimate of drug-likeness (QED) is 0.895. The number of carbonyl (C=O) groups excluding carboxylic acids is 1. The van der Waals surface area contributed by atoms with Crippen molar-refractivity contribution < 1.29 is 24.2 Å². The number of carbonyl (C=O) groups is 2. The Morgan fingerprint density at radius 1 is 1.21 bits per heavy atom. The van der Waals surface area contributed by atoms with Gasteiger partial charge in [0.1, 0.15) is 12.3 Å². The van der Waals surface area contributed by atoms with Crippen LogP contribution in [0.25, 0.3) is 0 Å². The van der Waals surface area contributed by atoms with E-state index in [9.17, 15) is 9.59 Å². The third-order valence-corrected chi connectivity index (χ3v) is 3.48. The van der Waals surface area contributed by atoms with E-state index in [1.807, 2.05) is 18.2 Å². The zero-order valence-corrected chi connectivity index (χ0v) is 12.9. The van der Waals surface area contributed by atoms with Crippen LogP contribution in [0.15, 0.2) is 36.7 Å². The highest BCUT2D eigenvalue weighted by Gasteiger charge is 2.24. The van der Waals surface area contributed by atoms with Gasteiger partial charge in [-0.3, -0.25) is 4.79 Å². The van der Waals surface area contributed by atoms with Gasteiger partial charge in [-0.2, -0.15) is 0 Å². The van der Waals surface area contributed by atoms with Gasteiger partial charge in [0.15, 0.2) is 23.3 Å². The summed E-state index contributed by atoms with van der Waals surface area (Å²) in [6, 6.07) is 7.33. The van der Waals surface area contributed by atoms with Crippen LogP contribution in [0, 0.1) is 0 Å². The standard InChI is InChI=1S/C16H15N3O5/c1-19(15(20)11-6-18-12(7-17-11)16(21)22)8-10-9-23-13-4-2-3-5-14(13)24-10/h2-7,10H,8-9H2,1H3,(H,21,22). The maximum Gasteiger partial charge on any atom is 0.356 e. The molecule has 1 N–H and O–H groups in total. The lowest BCUT2D eigenvalue weighted by molar-refractivity contribution is 0.0516. The molecule has 0 bridgehead atoms. The number of amides is 1. The fraction of sp³-hybridized carbons (Fsp3) is 0.250. The Bertz CT molecular complexity index is 763. The van der Waals surface area contributed by atoms with Crippen molar-refractivity contribution in [1.82, 2.24) is 14.9 Å². The number of rotatable bonds is 4. The number of benzene rings is 1. The van der Waals surface area contributed by atoms with Crippen molar-refractivity contribution in [3.05, 3.63) is 48.0 Å². The van der Waals surface area contributed by atoms with Crippen LogP contribution in [0.3, 0.4) is 0 Å². The van der Waals surface area contributed by atoms with E-state index in [1.165, 1.54) is 4.90 Å². The predicted molar refractivity (Wildman–Crippen MR) is 82.3 cm³/mol. The summed E-state index contributed by atoms with van der Waals surface area (Å²) in [7, 11) is 1.61. The lowest BCUT2D eigenvalue weighted by Crippen LogP contribution is -2.42. The number of carboxylic acids is 1. The van der Waals surface area contributed by atoms with E-state index in [2.05, 4.69) is 9.97 Å². The minimum Gasteiger partial charge on any atom is -0.486 e. The first-order valence-corrected chi connectivity index (χ1v) is 7.24. The van der Waals surface area contributed by atoms with Crippen molar-refractivity contribution in [3.8, 4) is 11.5 Å². The second-order valence-electron chi connectivity index (χ2n) is 5.28. The van der Waals surface area contributed by atoms with Gasteiger partial charge in [-0.15, -0.1) is 0 Å². The van der Waals surface area contributed by atoms with Gasteiger partial charge in [0.05, 0.1) is 18.9 Å². The minimum absolute atomic E-state index is 0.0691. The van der Waals surface area contributed by atoms with Crippen LogP contribution in [0.1, 0.15) is 21.0 Å². The molecule has 8 heteroatoms. The van der Waals surface area contributed by atoms with E-state index in [4.69, 9.17) is 14.6 Å². The molecule has 24 heavy (non-hydrogen) atoms. The Morgan fingerprint density at radius 2 is 1.88 bits per heavy atom. The van der Waals surface area contributed by atoms with Crippen molar-refractivity contribution in [2.24, 2.45) is 0 Å². The summed E-state index contributed by atoms with van der Waals surface area (Å²) in [5.74, 6) is -0.249. The lowest BCUT2D eigenvalue weighted by Gasteiger charge is -2.29. The Hall–Kier alpha value is -3.16. The number of carboxylic acid groups (broad SMARTS) is 1. The van der Waals surface area contributed by atoms with Crippen LogP contribution < -0.4 is 9.47 Å². The van der Waals surface area contributed by atoms with E-state index in [-0.39, 0.29) is 23.4 Å². The van der Waals surface area contributed by atoms with E-state index < -0.39 is 5.97 Å². The largest absolute Gasteiger partial charge is 0.486 e. The van der Waals surface area contributed by atoms with Gasteiger partial charge in [-0.05, 0) is 12.1 Å². The number of nitrogens with zero attached hydrogens (tertiary/aromatic N) is 3. The van der Waals surface area contributed by atoms with Crippen LogP contribution in [-0.2, 0) is 0 Å². The Kier molecular flexibility index (Phi) is 4.28. The summed E-state index contributed by atoms with van der Waals surface area (Å²) in [4.78, 5) is 32.0. The molecule has 0 spiro atoms. The average Bonchev–Trinajstić information content (AvgIpc) is 2.61. The fourth-order valence-corrected chi connectivity index (χ4v) is 2.29. The minimum atomic E-state index is -1.19. The van der Waals surface area contributed by atoms with Gasteiger partial charge in [0, 0.05) is 7.05 Å². The number of hydrogen-bond acceptors (Lipinski definition) is 6. The molecule has 1 aliphatic rings. The number of aromatic nitrogens is 2. The molecule has 1 aliphatic heterocycles. The Labute approximate surface area is 137 Å². The SMILES string of the molecule is CN(CC1COc2ccccc2O1)C(=O)c1cnc(C(=O)O)cn1. The van der Waals surface area contributed by atoms with Crippen LogP contribution in [0.5, 0.6) is 11.5 Å². The molecule has 124 valence electrons. The topological polar surface area (TPSA) is 102 Å². The molecule has 0 saturated heterocycles. The summed E-state index contributed by atoms with van der Waals surface area (Å²) in [5, 5.41) is 8.79.